The van der Waals surface area contributed by atoms with Crippen molar-refractivity contribution < 1.29 is 9.53 Å². The molecule has 0 aromatic carbocycles. The minimum absolute atomic E-state index is 0.156. The molecule has 1 heterocycles. The monoisotopic (exact) mass is 235 g/mol. The highest BCUT2D eigenvalue weighted by Gasteiger charge is 2.18. The molecule has 0 atom stereocenters. The molecule has 0 N–H and O–H groups in total. The molecule has 0 amide bonds. The van der Waals surface area contributed by atoms with Crippen molar-refractivity contribution in [3.8, 4) is 0 Å². The number of pyridine rings is 1. The molecule has 0 saturated heterocycles. The van der Waals surface area contributed by atoms with Gasteiger partial charge in [-0.05, 0) is 46.2 Å². The number of Topliss-reactive ketones (excluding diaryl/α,β-unsaturated/α-hetero) is 1. The van der Waals surface area contributed by atoms with Crippen LogP contribution >= 0.6 is 0 Å². The second kappa shape index (κ2) is 5.41. The van der Waals surface area contributed by atoms with Crippen LogP contribution in [0.5, 0.6) is 0 Å². The number of ketones is 1. The zero-order valence-electron chi connectivity index (χ0n) is 11.3. The minimum atomic E-state index is -0.243. The van der Waals surface area contributed by atoms with Crippen LogP contribution < -0.4 is 0 Å². The van der Waals surface area contributed by atoms with Gasteiger partial charge in [0.1, 0.15) is 0 Å². The summed E-state index contributed by atoms with van der Waals surface area (Å²) < 4.78 is 5.31. The van der Waals surface area contributed by atoms with Gasteiger partial charge in [0.2, 0.25) is 0 Å². The molecule has 94 valence electrons. The Morgan fingerprint density at radius 2 is 1.82 bits per heavy atom. The second-order valence-electron chi connectivity index (χ2n) is 5.03. The average Bonchev–Trinajstić information content (AvgIpc) is 2.24. The number of hydrogen-bond donors (Lipinski definition) is 0. The van der Waals surface area contributed by atoms with E-state index in [1.54, 1.807) is 7.11 Å². The lowest BCUT2D eigenvalue weighted by Gasteiger charge is -2.22. The van der Waals surface area contributed by atoms with Gasteiger partial charge in [0.25, 0.3) is 0 Å². The predicted octanol–water partition coefficient (Wildman–Crippen LogP) is 3.09. The maximum atomic E-state index is 12.0. The normalized spacial score (nSPS) is 11.6. The Morgan fingerprint density at radius 3 is 2.29 bits per heavy atom. The number of rotatable bonds is 5. The first kappa shape index (κ1) is 13.8. The van der Waals surface area contributed by atoms with Crippen LogP contribution in [0.15, 0.2) is 12.1 Å². The summed E-state index contributed by atoms with van der Waals surface area (Å²) in [6.07, 6.45) is 1.23. The standard InChI is InChI=1S/C14H21NO2/c1-10-8-12(9-11(2)15-10)13(16)6-7-14(3,4)17-5/h8-9H,6-7H2,1-5H3. The van der Waals surface area contributed by atoms with Gasteiger partial charge >= 0.3 is 0 Å². The zero-order chi connectivity index (χ0) is 13.1. The Hall–Kier alpha value is -1.22. The molecule has 0 saturated carbocycles. The molecule has 0 aliphatic heterocycles. The molecular formula is C14H21NO2. The van der Waals surface area contributed by atoms with Crippen molar-refractivity contribution in [2.75, 3.05) is 7.11 Å². The second-order valence-corrected chi connectivity index (χ2v) is 5.03. The van der Waals surface area contributed by atoms with E-state index in [0.29, 0.717) is 6.42 Å². The SMILES string of the molecule is COC(C)(C)CCC(=O)c1cc(C)nc(C)c1. The average molecular weight is 235 g/mol. The van der Waals surface area contributed by atoms with E-state index in [-0.39, 0.29) is 11.4 Å². The molecule has 17 heavy (non-hydrogen) atoms. The summed E-state index contributed by atoms with van der Waals surface area (Å²) in [4.78, 5) is 16.3. The summed E-state index contributed by atoms with van der Waals surface area (Å²) in [6.45, 7) is 7.79. The van der Waals surface area contributed by atoms with Crippen LogP contribution in [0.1, 0.15) is 48.4 Å². The third kappa shape index (κ3) is 4.27. The molecule has 3 nitrogen and oxygen atoms in total. The molecule has 0 fully saturated rings. The van der Waals surface area contributed by atoms with E-state index in [9.17, 15) is 4.79 Å². The third-order valence-corrected chi connectivity index (χ3v) is 2.91. The topological polar surface area (TPSA) is 39.2 Å². The molecule has 1 aromatic heterocycles. The molecule has 0 unspecified atom stereocenters. The first-order valence-electron chi connectivity index (χ1n) is 5.88. The van der Waals surface area contributed by atoms with Gasteiger partial charge in [-0.3, -0.25) is 9.78 Å². The number of ether oxygens (including phenoxy) is 1. The van der Waals surface area contributed by atoms with Crippen LogP contribution in [0.25, 0.3) is 0 Å². The molecule has 1 rings (SSSR count). The quantitative estimate of drug-likeness (QED) is 0.736. The fourth-order valence-electron chi connectivity index (χ4n) is 1.66. The van der Waals surface area contributed by atoms with Gasteiger partial charge in [0.15, 0.2) is 5.78 Å². The van der Waals surface area contributed by atoms with Crippen LogP contribution in [0.2, 0.25) is 0 Å². The highest BCUT2D eigenvalue weighted by molar-refractivity contribution is 5.96. The zero-order valence-corrected chi connectivity index (χ0v) is 11.3. The Labute approximate surface area is 103 Å². The van der Waals surface area contributed by atoms with Crippen molar-refractivity contribution in [1.82, 2.24) is 4.98 Å². The van der Waals surface area contributed by atoms with Gasteiger partial charge in [-0.15, -0.1) is 0 Å². The fourth-order valence-corrected chi connectivity index (χ4v) is 1.66. The minimum Gasteiger partial charge on any atom is -0.379 e. The number of methoxy groups -OCH3 is 1. The van der Waals surface area contributed by atoms with Gasteiger partial charge in [0, 0.05) is 30.5 Å². The first-order valence-corrected chi connectivity index (χ1v) is 5.88. The summed E-state index contributed by atoms with van der Waals surface area (Å²) in [5, 5.41) is 0. The highest BCUT2D eigenvalue weighted by atomic mass is 16.5. The molecule has 3 heteroatoms. The lowest BCUT2D eigenvalue weighted by atomic mass is 9.97. The van der Waals surface area contributed by atoms with E-state index in [2.05, 4.69) is 4.98 Å². The Morgan fingerprint density at radius 1 is 1.29 bits per heavy atom. The van der Waals surface area contributed by atoms with Crippen molar-refractivity contribution in [2.45, 2.75) is 46.1 Å². The third-order valence-electron chi connectivity index (χ3n) is 2.91. The van der Waals surface area contributed by atoms with Crippen LogP contribution in [0.3, 0.4) is 0 Å². The predicted molar refractivity (Wildman–Crippen MR) is 68.4 cm³/mol. The molecule has 1 aromatic rings. The van der Waals surface area contributed by atoms with Crippen LogP contribution in [0.4, 0.5) is 0 Å². The van der Waals surface area contributed by atoms with Crippen molar-refractivity contribution in [2.24, 2.45) is 0 Å². The summed E-state index contributed by atoms with van der Waals surface area (Å²) in [6, 6.07) is 3.68. The van der Waals surface area contributed by atoms with Crippen molar-refractivity contribution in [1.29, 1.82) is 0 Å². The molecule has 0 bridgehead atoms. The lowest BCUT2D eigenvalue weighted by Crippen LogP contribution is -2.23. The smallest absolute Gasteiger partial charge is 0.163 e. The number of carbonyl (C=O) groups is 1. The van der Waals surface area contributed by atoms with Gasteiger partial charge in [0.05, 0.1) is 5.60 Å². The van der Waals surface area contributed by atoms with Crippen LogP contribution in [-0.4, -0.2) is 23.5 Å². The number of carbonyl (C=O) groups excluding carboxylic acids is 1. The van der Waals surface area contributed by atoms with E-state index in [1.807, 2.05) is 39.8 Å². The highest BCUT2D eigenvalue weighted by Crippen LogP contribution is 2.18. The van der Waals surface area contributed by atoms with Crippen molar-refractivity contribution in [3.05, 3.63) is 29.1 Å². The van der Waals surface area contributed by atoms with Crippen LogP contribution in [-0.2, 0) is 4.74 Å². The largest absolute Gasteiger partial charge is 0.379 e. The van der Waals surface area contributed by atoms with Gasteiger partial charge in [-0.2, -0.15) is 0 Å². The van der Waals surface area contributed by atoms with Gasteiger partial charge < -0.3 is 4.74 Å². The number of aryl methyl sites for hydroxylation is 2. The summed E-state index contributed by atoms with van der Waals surface area (Å²) in [7, 11) is 1.67. The van der Waals surface area contributed by atoms with E-state index < -0.39 is 0 Å². The van der Waals surface area contributed by atoms with E-state index in [1.165, 1.54) is 0 Å². The Kier molecular flexibility index (Phi) is 4.40. The summed E-state index contributed by atoms with van der Waals surface area (Å²) in [5.74, 6) is 0.156. The van der Waals surface area contributed by atoms with Crippen LogP contribution in [0, 0.1) is 13.8 Å². The van der Waals surface area contributed by atoms with Gasteiger partial charge in [-0.25, -0.2) is 0 Å². The lowest BCUT2D eigenvalue weighted by molar-refractivity contribution is 0.0141. The molecule has 0 radical (unpaired) electrons. The molecule has 0 spiro atoms. The fraction of sp³-hybridized carbons (Fsp3) is 0.571. The maximum Gasteiger partial charge on any atom is 0.163 e. The number of nitrogens with zero attached hydrogens (tertiary/aromatic N) is 1. The molecule has 0 aliphatic rings. The number of aromatic nitrogens is 1. The number of hydrogen-bond acceptors (Lipinski definition) is 3. The van der Waals surface area contributed by atoms with E-state index >= 15 is 0 Å². The summed E-state index contributed by atoms with van der Waals surface area (Å²) >= 11 is 0. The maximum absolute atomic E-state index is 12.0. The van der Waals surface area contributed by atoms with Crippen molar-refractivity contribution >= 4 is 5.78 Å². The molecular weight excluding hydrogens is 214 g/mol. The first-order chi connectivity index (χ1) is 7.84. The van der Waals surface area contributed by atoms with Crippen molar-refractivity contribution in [3.63, 3.8) is 0 Å². The van der Waals surface area contributed by atoms with Gasteiger partial charge in [-0.1, -0.05) is 0 Å². The van der Waals surface area contributed by atoms with E-state index in [0.717, 1.165) is 23.4 Å². The Balaban J connectivity index is 2.70. The summed E-state index contributed by atoms with van der Waals surface area (Å²) in [5.41, 5.74) is 2.29. The van der Waals surface area contributed by atoms with E-state index in [4.69, 9.17) is 4.74 Å². The Bertz CT molecular complexity index is 390. The molecule has 0 aliphatic carbocycles.